The summed E-state index contributed by atoms with van der Waals surface area (Å²) in [4.78, 5) is 6.80. The van der Waals surface area contributed by atoms with Crippen LogP contribution >= 0.6 is 0 Å². The highest BCUT2D eigenvalue weighted by atomic mass is 16.5. The molecule has 1 aliphatic rings. The van der Waals surface area contributed by atoms with E-state index in [-0.39, 0.29) is 0 Å². The van der Waals surface area contributed by atoms with Gasteiger partial charge in [0.05, 0.1) is 19.9 Å². The topological polar surface area (TPSA) is 34.6 Å². The fourth-order valence-electron chi connectivity index (χ4n) is 2.80. The van der Waals surface area contributed by atoms with Gasteiger partial charge in [0, 0.05) is 24.3 Å². The van der Waals surface area contributed by atoms with Crippen molar-refractivity contribution in [2.45, 2.75) is 19.8 Å². The van der Waals surface area contributed by atoms with Gasteiger partial charge in [-0.2, -0.15) is 0 Å². The molecule has 21 heavy (non-hydrogen) atoms. The summed E-state index contributed by atoms with van der Waals surface area (Å²) < 4.78 is 10.9. The Kier molecular flexibility index (Phi) is 3.69. The summed E-state index contributed by atoms with van der Waals surface area (Å²) in [7, 11) is 3.31. The van der Waals surface area contributed by atoms with E-state index >= 15 is 0 Å². The normalized spacial score (nSPS) is 12.8. The Labute approximate surface area is 125 Å². The number of nitrogens with zero attached hydrogens (tertiary/aromatic N) is 2. The monoisotopic (exact) mass is 284 g/mol. The molecule has 0 fully saturated rings. The van der Waals surface area contributed by atoms with E-state index < -0.39 is 0 Å². The van der Waals surface area contributed by atoms with Crippen LogP contribution < -0.4 is 14.4 Å². The van der Waals surface area contributed by atoms with Gasteiger partial charge in [-0.05, 0) is 30.2 Å². The van der Waals surface area contributed by atoms with Crippen molar-refractivity contribution in [3.8, 4) is 11.5 Å². The van der Waals surface area contributed by atoms with Crippen LogP contribution in [-0.2, 0) is 0 Å². The molecule has 4 nitrogen and oxygen atoms in total. The van der Waals surface area contributed by atoms with Crippen LogP contribution in [0.1, 0.15) is 25.3 Å². The van der Waals surface area contributed by atoms with E-state index in [9.17, 15) is 0 Å². The maximum absolute atomic E-state index is 5.51. The Balaban J connectivity index is 2.22. The zero-order chi connectivity index (χ0) is 14.8. The van der Waals surface area contributed by atoms with Crippen LogP contribution in [0.5, 0.6) is 11.5 Å². The summed E-state index contributed by atoms with van der Waals surface area (Å²) in [5, 5.41) is 1.13. The summed E-state index contributed by atoms with van der Waals surface area (Å²) in [6.45, 7) is 3.22. The molecule has 1 aromatic heterocycles. The molecule has 2 heterocycles. The first-order chi connectivity index (χ1) is 10.3. The van der Waals surface area contributed by atoms with Gasteiger partial charge in [0.2, 0.25) is 0 Å². The third-order valence-corrected chi connectivity index (χ3v) is 3.86. The molecular formula is C17H20N2O2. The number of unbranched alkanes of at least 4 members (excludes halogenated alkanes) is 1. The van der Waals surface area contributed by atoms with Crippen molar-refractivity contribution in [1.82, 2.24) is 4.98 Å². The molecule has 0 unspecified atom stereocenters. The Morgan fingerprint density at radius 3 is 2.81 bits per heavy atom. The number of rotatable bonds is 5. The van der Waals surface area contributed by atoms with Crippen molar-refractivity contribution in [1.29, 1.82) is 0 Å². The highest BCUT2D eigenvalue weighted by molar-refractivity contribution is 6.04. The van der Waals surface area contributed by atoms with Crippen LogP contribution in [0.4, 0.5) is 5.69 Å². The van der Waals surface area contributed by atoms with Crippen LogP contribution in [-0.4, -0.2) is 25.7 Å². The Bertz CT molecular complexity index is 695. The van der Waals surface area contributed by atoms with Crippen LogP contribution in [0.25, 0.3) is 17.0 Å². The van der Waals surface area contributed by atoms with E-state index in [0.717, 1.165) is 35.2 Å². The second-order valence-electron chi connectivity index (χ2n) is 5.12. The maximum atomic E-state index is 5.51. The number of hydrogen-bond donors (Lipinski definition) is 0. The molecule has 0 saturated heterocycles. The van der Waals surface area contributed by atoms with Gasteiger partial charge in [0.15, 0.2) is 11.5 Å². The van der Waals surface area contributed by atoms with Gasteiger partial charge in [0.1, 0.15) is 5.52 Å². The second kappa shape index (κ2) is 5.64. The quantitative estimate of drug-likeness (QED) is 0.835. The molecule has 0 aliphatic carbocycles. The fraction of sp³-hybridized carbons (Fsp3) is 0.353. The summed E-state index contributed by atoms with van der Waals surface area (Å²) in [6, 6.07) is 4.08. The minimum atomic E-state index is 0.698. The van der Waals surface area contributed by atoms with E-state index in [1.54, 1.807) is 14.2 Å². The maximum Gasteiger partial charge on any atom is 0.187 e. The summed E-state index contributed by atoms with van der Waals surface area (Å²) in [6.07, 6.45) is 8.43. The van der Waals surface area contributed by atoms with Gasteiger partial charge in [-0.25, -0.2) is 0 Å². The molecule has 2 aromatic rings. The second-order valence-corrected chi connectivity index (χ2v) is 5.12. The molecule has 3 rings (SSSR count). The molecule has 110 valence electrons. The van der Waals surface area contributed by atoms with Crippen LogP contribution in [0, 0.1) is 0 Å². The smallest absolute Gasteiger partial charge is 0.187 e. The van der Waals surface area contributed by atoms with E-state index in [1.165, 1.54) is 12.1 Å². The summed E-state index contributed by atoms with van der Waals surface area (Å²) in [5.41, 5.74) is 3.17. The molecule has 1 aliphatic heterocycles. The lowest BCUT2D eigenvalue weighted by atomic mass is 10.0. The Morgan fingerprint density at radius 2 is 2.10 bits per heavy atom. The molecule has 0 saturated carbocycles. The van der Waals surface area contributed by atoms with Gasteiger partial charge in [-0.15, -0.1) is 0 Å². The molecule has 0 spiro atoms. The van der Waals surface area contributed by atoms with Crippen LogP contribution in [0.2, 0.25) is 0 Å². The molecule has 0 atom stereocenters. The minimum absolute atomic E-state index is 0.698. The standard InChI is InChI=1S/C17H20N2O2/c1-4-5-9-19-10-7-12-11-14(20-2)17(21-3)16-15(12)13(19)6-8-18-16/h6-8,10-11H,4-5,9H2,1-3H3. The average molecular weight is 284 g/mol. The third kappa shape index (κ3) is 2.20. The predicted octanol–water partition coefficient (Wildman–Crippen LogP) is 3.84. The average Bonchev–Trinajstić information content (AvgIpc) is 2.54. The molecular weight excluding hydrogens is 264 g/mol. The van der Waals surface area contributed by atoms with Crippen molar-refractivity contribution in [2.75, 3.05) is 25.7 Å². The van der Waals surface area contributed by atoms with Gasteiger partial charge in [-0.3, -0.25) is 4.98 Å². The number of hydrogen-bond acceptors (Lipinski definition) is 4. The lowest BCUT2D eigenvalue weighted by Gasteiger charge is -2.27. The van der Waals surface area contributed by atoms with Gasteiger partial charge in [0.25, 0.3) is 0 Å². The lowest BCUT2D eigenvalue weighted by Crippen LogP contribution is -2.19. The first kappa shape index (κ1) is 13.7. The number of benzene rings is 1. The van der Waals surface area contributed by atoms with Gasteiger partial charge >= 0.3 is 0 Å². The molecule has 4 heteroatoms. The molecule has 0 amide bonds. The van der Waals surface area contributed by atoms with Crippen molar-refractivity contribution in [3.63, 3.8) is 0 Å². The van der Waals surface area contributed by atoms with E-state index in [4.69, 9.17) is 9.47 Å². The number of aromatic nitrogens is 1. The SMILES string of the molecule is CCCCN1C=Cc2cc(OC)c(OC)c3nccc1c23. The predicted molar refractivity (Wildman–Crippen MR) is 86.1 cm³/mol. The zero-order valence-corrected chi connectivity index (χ0v) is 12.7. The highest BCUT2D eigenvalue weighted by Crippen LogP contribution is 2.42. The van der Waals surface area contributed by atoms with Crippen molar-refractivity contribution in [2.24, 2.45) is 0 Å². The summed E-state index contributed by atoms with van der Waals surface area (Å²) >= 11 is 0. The van der Waals surface area contributed by atoms with E-state index in [1.807, 2.05) is 12.3 Å². The van der Waals surface area contributed by atoms with Crippen molar-refractivity contribution < 1.29 is 9.47 Å². The van der Waals surface area contributed by atoms with Gasteiger partial charge < -0.3 is 14.4 Å². The molecule has 1 aromatic carbocycles. The Hall–Kier alpha value is -2.23. The minimum Gasteiger partial charge on any atom is -0.493 e. The first-order valence-electron chi connectivity index (χ1n) is 7.28. The zero-order valence-electron chi connectivity index (χ0n) is 12.7. The number of methoxy groups -OCH3 is 2. The van der Waals surface area contributed by atoms with Crippen LogP contribution in [0.15, 0.2) is 24.5 Å². The lowest BCUT2D eigenvalue weighted by molar-refractivity contribution is 0.358. The fourth-order valence-corrected chi connectivity index (χ4v) is 2.80. The molecule has 0 N–H and O–H groups in total. The number of ether oxygens (including phenoxy) is 2. The largest absolute Gasteiger partial charge is 0.493 e. The highest BCUT2D eigenvalue weighted by Gasteiger charge is 2.20. The van der Waals surface area contributed by atoms with Gasteiger partial charge in [-0.1, -0.05) is 13.3 Å². The number of pyridine rings is 1. The first-order valence-corrected chi connectivity index (χ1v) is 7.28. The van der Waals surface area contributed by atoms with E-state index in [0.29, 0.717) is 5.75 Å². The molecule has 0 bridgehead atoms. The van der Waals surface area contributed by atoms with Crippen molar-refractivity contribution >= 4 is 22.7 Å². The summed E-state index contributed by atoms with van der Waals surface area (Å²) in [5.74, 6) is 1.42. The number of anilines is 1. The van der Waals surface area contributed by atoms with Crippen LogP contribution in [0.3, 0.4) is 0 Å². The Morgan fingerprint density at radius 1 is 1.24 bits per heavy atom. The van der Waals surface area contributed by atoms with Crippen molar-refractivity contribution in [3.05, 3.63) is 30.1 Å². The third-order valence-electron chi connectivity index (χ3n) is 3.86. The molecule has 0 radical (unpaired) electrons. The van der Waals surface area contributed by atoms with E-state index in [2.05, 4.69) is 35.1 Å².